The molecule has 0 saturated carbocycles. The summed E-state index contributed by atoms with van der Waals surface area (Å²) in [6, 6.07) is 7.37. The molecule has 1 aromatic carbocycles. The van der Waals surface area contributed by atoms with Gasteiger partial charge < -0.3 is 4.79 Å². The van der Waals surface area contributed by atoms with Gasteiger partial charge in [-0.1, -0.05) is 45.0 Å². The van der Waals surface area contributed by atoms with Gasteiger partial charge in [-0.25, -0.2) is 4.39 Å². The van der Waals surface area contributed by atoms with Crippen molar-refractivity contribution >= 4 is 6.29 Å². The first-order valence-electron chi connectivity index (χ1n) is 5.25. The smallest absolute Gasteiger partial charge is 0.134 e. The quantitative estimate of drug-likeness (QED) is 0.690. The summed E-state index contributed by atoms with van der Waals surface area (Å²) in [5, 5.41) is 0. The second kappa shape index (κ2) is 5.06. The molecule has 0 aliphatic carbocycles. The second-order valence-electron chi connectivity index (χ2n) is 4.22. The largest absolute Gasteiger partial charge is 0.303 e. The molecule has 0 amide bonds. The molecule has 0 unspecified atom stereocenters. The fraction of sp³-hybridized carbons (Fsp3) is 0.462. The summed E-state index contributed by atoms with van der Waals surface area (Å²) < 4.78 is 13.6. The van der Waals surface area contributed by atoms with Crippen LogP contribution in [0.3, 0.4) is 0 Å². The van der Waals surface area contributed by atoms with E-state index in [0.29, 0.717) is 17.8 Å². The molecule has 1 nitrogen and oxygen atoms in total. The summed E-state index contributed by atoms with van der Waals surface area (Å²) in [6.07, 6.45) is -0.537. The predicted molar refractivity (Wildman–Crippen MR) is 59.6 cm³/mol. The summed E-state index contributed by atoms with van der Waals surface area (Å²) in [7, 11) is 0. The first kappa shape index (κ1) is 11.9. The Bertz CT molecular complexity index is 316. The van der Waals surface area contributed by atoms with Gasteiger partial charge >= 0.3 is 0 Å². The Morgan fingerprint density at radius 3 is 1.93 bits per heavy atom. The van der Waals surface area contributed by atoms with Crippen LogP contribution in [0, 0.1) is 5.92 Å². The molecule has 0 N–H and O–H groups in total. The van der Waals surface area contributed by atoms with E-state index in [0.717, 1.165) is 0 Å². The lowest BCUT2D eigenvalue weighted by molar-refractivity contribution is -0.112. The zero-order valence-corrected chi connectivity index (χ0v) is 9.41. The number of benzene rings is 1. The van der Waals surface area contributed by atoms with Crippen LogP contribution in [0.2, 0.25) is 0 Å². The zero-order valence-electron chi connectivity index (χ0n) is 9.41. The third kappa shape index (κ3) is 2.88. The van der Waals surface area contributed by atoms with Crippen molar-refractivity contribution in [2.75, 3.05) is 0 Å². The molecule has 1 aromatic rings. The van der Waals surface area contributed by atoms with Crippen molar-refractivity contribution in [3.05, 3.63) is 35.4 Å². The highest BCUT2D eigenvalue weighted by Crippen LogP contribution is 2.26. The minimum atomic E-state index is -1.19. The van der Waals surface area contributed by atoms with Crippen molar-refractivity contribution in [3.8, 4) is 0 Å². The van der Waals surface area contributed by atoms with Crippen molar-refractivity contribution < 1.29 is 9.18 Å². The molecule has 0 spiro atoms. The Kier molecular flexibility index (Phi) is 4.01. The molecule has 0 aliphatic rings. The van der Waals surface area contributed by atoms with Crippen LogP contribution in [0.5, 0.6) is 0 Å². The van der Waals surface area contributed by atoms with Gasteiger partial charge in [-0.2, -0.15) is 0 Å². The molecule has 0 radical (unpaired) electrons. The highest BCUT2D eigenvalue weighted by Gasteiger charge is 2.17. The zero-order chi connectivity index (χ0) is 11.4. The van der Waals surface area contributed by atoms with Crippen LogP contribution in [-0.2, 0) is 4.79 Å². The van der Waals surface area contributed by atoms with Crippen LogP contribution in [-0.4, -0.2) is 6.29 Å². The van der Waals surface area contributed by atoms with Gasteiger partial charge in [0.25, 0.3) is 0 Å². The van der Waals surface area contributed by atoms with Crippen molar-refractivity contribution in [2.24, 2.45) is 5.92 Å². The average Bonchev–Trinajstić information content (AvgIpc) is 2.27. The predicted octanol–water partition coefficient (Wildman–Crippen LogP) is 3.66. The van der Waals surface area contributed by atoms with E-state index in [1.165, 1.54) is 5.56 Å². The van der Waals surface area contributed by atoms with Crippen molar-refractivity contribution in [1.29, 1.82) is 0 Å². The molecule has 0 saturated heterocycles. The van der Waals surface area contributed by atoms with Gasteiger partial charge in [-0.05, 0) is 17.0 Å². The van der Waals surface area contributed by atoms with Gasteiger partial charge in [0.05, 0.1) is 0 Å². The number of hydrogen-bond acceptors (Lipinski definition) is 1. The topological polar surface area (TPSA) is 17.1 Å². The summed E-state index contributed by atoms with van der Waals surface area (Å²) in [4.78, 5) is 10.5. The monoisotopic (exact) mass is 208 g/mol. The maximum atomic E-state index is 13.6. The number of rotatable bonds is 4. The normalized spacial score (nSPS) is 15.0. The van der Waals surface area contributed by atoms with Gasteiger partial charge in [-0.3, -0.25) is 0 Å². The highest BCUT2D eigenvalue weighted by atomic mass is 19.1. The van der Waals surface area contributed by atoms with Crippen LogP contribution in [0.1, 0.15) is 44.0 Å². The van der Waals surface area contributed by atoms with E-state index in [-0.39, 0.29) is 0 Å². The van der Waals surface area contributed by atoms with E-state index in [1.54, 1.807) is 19.1 Å². The summed E-state index contributed by atoms with van der Waals surface area (Å²) in [5.74, 6) is -0.129. The van der Waals surface area contributed by atoms with Crippen LogP contribution in [0.25, 0.3) is 0 Å². The lowest BCUT2D eigenvalue weighted by Gasteiger charge is -2.12. The lowest BCUT2D eigenvalue weighted by Crippen LogP contribution is -2.06. The molecule has 15 heavy (non-hydrogen) atoms. The number of aldehydes is 1. The Morgan fingerprint density at radius 2 is 1.53 bits per heavy atom. The minimum absolute atomic E-state index is 0.445. The van der Waals surface area contributed by atoms with Gasteiger partial charge in [0.2, 0.25) is 0 Å². The van der Waals surface area contributed by atoms with Crippen LogP contribution >= 0.6 is 0 Å². The maximum absolute atomic E-state index is 13.6. The Balaban J connectivity index is 2.84. The first-order chi connectivity index (χ1) is 7.06. The van der Waals surface area contributed by atoms with Crippen LogP contribution in [0.15, 0.2) is 24.3 Å². The van der Waals surface area contributed by atoms with E-state index in [2.05, 4.69) is 13.8 Å². The third-order valence-electron chi connectivity index (χ3n) is 2.60. The second-order valence-corrected chi connectivity index (χ2v) is 4.22. The summed E-state index contributed by atoms with van der Waals surface area (Å²) in [5.41, 5.74) is 1.77. The maximum Gasteiger partial charge on any atom is 0.134 e. The van der Waals surface area contributed by atoms with E-state index >= 15 is 0 Å². The van der Waals surface area contributed by atoms with Gasteiger partial charge in [0, 0.05) is 5.92 Å². The summed E-state index contributed by atoms with van der Waals surface area (Å²) >= 11 is 0. The first-order valence-corrected chi connectivity index (χ1v) is 5.25. The van der Waals surface area contributed by atoms with Gasteiger partial charge in [0.1, 0.15) is 12.5 Å². The standard InChI is InChI=1S/C13H17FO/c1-9(2)11-4-6-12(7-5-11)13(14)10(3)8-15/h4-10,13H,1-3H3/t10-,13+/m1/s1. The number of hydrogen-bond donors (Lipinski definition) is 0. The molecule has 2 atom stereocenters. The molecule has 1 rings (SSSR count). The molecule has 2 heteroatoms. The molecule has 0 aliphatic heterocycles. The number of alkyl halides is 1. The van der Waals surface area contributed by atoms with Crippen LogP contribution < -0.4 is 0 Å². The Labute approximate surface area is 90.3 Å². The van der Waals surface area contributed by atoms with E-state index < -0.39 is 12.1 Å². The van der Waals surface area contributed by atoms with Crippen LogP contribution in [0.4, 0.5) is 4.39 Å². The molecule has 0 fully saturated rings. The summed E-state index contributed by atoms with van der Waals surface area (Å²) in [6.45, 7) is 5.78. The SMILES string of the molecule is CC(C)c1ccc([C@@H](F)[C@H](C)C=O)cc1. The van der Waals surface area contributed by atoms with E-state index in [1.807, 2.05) is 12.1 Å². The van der Waals surface area contributed by atoms with Crippen molar-refractivity contribution in [3.63, 3.8) is 0 Å². The Hall–Kier alpha value is -1.18. The molecule has 0 bridgehead atoms. The van der Waals surface area contributed by atoms with Gasteiger partial charge in [0.15, 0.2) is 0 Å². The fourth-order valence-corrected chi connectivity index (χ4v) is 1.44. The number of carbonyl (C=O) groups is 1. The minimum Gasteiger partial charge on any atom is -0.303 e. The highest BCUT2D eigenvalue weighted by molar-refractivity contribution is 5.54. The van der Waals surface area contributed by atoms with Gasteiger partial charge in [-0.15, -0.1) is 0 Å². The molecular weight excluding hydrogens is 191 g/mol. The van der Waals surface area contributed by atoms with Crippen molar-refractivity contribution in [2.45, 2.75) is 32.9 Å². The Morgan fingerprint density at radius 1 is 1.07 bits per heavy atom. The fourth-order valence-electron chi connectivity index (χ4n) is 1.44. The average molecular weight is 208 g/mol. The molecule has 82 valence electrons. The van der Waals surface area contributed by atoms with E-state index in [4.69, 9.17) is 0 Å². The third-order valence-corrected chi connectivity index (χ3v) is 2.60. The van der Waals surface area contributed by atoms with Crippen molar-refractivity contribution in [1.82, 2.24) is 0 Å². The number of halogens is 1. The lowest BCUT2D eigenvalue weighted by atomic mass is 9.96. The van der Waals surface area contributed by atoms with E-state index in [9.17, 15) is 9.18 Å². The molecule has 0 heterocycles. The molecular formula is C13H17FO. The molecule has 0 aromatic heterocycles. The number of carbonyl (C=O) groups excluding carboxylic acids is 1.